The minimum Gasteiger partial charge on any atom is -0.384 e. The smallest absolute Gasteiger partial charge is 0.163 e. The topological polar surface area (TPSA) is 70.3 Å². The maximum Gasteiger partial charge on any atom is 0.163 e. The Bertz CT molecular complexity index is 412. The van der Waals surface area contributed by atoms with E-state index in [1.165, 1.54) is 0 Å². The van der Waals surface area contributed by atoms with E-state index in [1.54, 1.807) is 0 Å². The highest BCUT2D eigenvalue weighted by Gasteiger charge is 2.38. The molecule has 0 spiro atoms. The summed E-state index contributed by atoms with van der Waals surface area (Å²) >= 11 is 0. The van der Waals surface area contributed by atoms with Gasteiger partial charge in [-0.3, -0.25) is 0 Å². The van der Waals surface area contributed by atoms with Crippen molar-refractivity contribution in [2.75, 3.05) is 25.6 Å². The summed E-state index contributed by atoms with van der Waals surface area (Å²) in [5.74, 6) is 1.25. The summed E-state index contributed by atoms with van der Waals surface area (Å²) in [6.45, 7) is 6.13. The minimum atomic E-state index is -0.426. The molecular formula is C14H23N3O2. The molecule has 5 nitrogen and oxygen atoms in total. The summed E-state index contributed by atoms with van der Waals surface area (Å²) in [5.41, 5.74) is 6.48. The van der Waals surface area contributed by atoms with Gasteiger partial charge in [0.15, 0.2) is 5.82 Å². The van der Waals surface area contributed by atoms with E-state index in [4.69, 9.17) is 15.2 Å². The first-order chi connectivity index (χ1) is 9.20. The van der Waals surface area contributed by atoms with Crippen LogP contribution in [0, 0.1) is 0 Å². The number of hydrogen-bond donors (Lipinski definition) is 1. The average molecular weight is 265 g/mol. The van der Waals surface area contributed by atoms with Crippen LogP contribution < -0.4 is 5.73 Å². The highest BCUT2D eigenvalue weighted by Crippen LogP contribution is 2.34. The molecular weight excluding hydrogens is 242 g/mol. The molecule has 0 aliphatic carbocycles. The Hall–Kier alpha value is -1.20. The molecule has 1 fully saturated rings. The van der Waals surface area contributed by atoms with Crippen LogP contribution in [0.5, 0.6) is 0 Å². The lowest BCUT2D eigenvalue weighted by Gasteiger charge is -2.35. The highest BCUT2D eigenvalue weighted by atomic mass is 16.5. The fraction of sp³-hybridized carbons (Fsp3) is 0.714. The molecule has 0 radical (unpaired) electrons. The molecule has 0 aromatic carbocycles. The molecule has 5 heteroatoms. The van der Waals surface area contributed by atoms with E-state index in [9.17, 15) is 0 Å². The van der Waals surface area contributed by atoms with E-state index in [1.807, 2.05) is 13.0 Å². The van der Waals surface area contributed by atoms with Crippen LogP contribution in [0.25, 0.3) is 0 Å². The zero-order chi connectivity index (χ0) is 13.7. The lowest BCUT2D eigenvalue weighted by atomic mass is 9.92. The van der Waals surface area contributed by atoms with Gasteiger partial charge >= 0.3 is 0 Å². The number of nitrogens with two attached hydrogens (primary N) is 1. The second kappa shape index (κ2) is 6.30. The van der Waals surface area contributed by atoms with E-state index in [0.717, 1.165) is 37.2 Å². The Balaban J connectivity index is 2.34. The van der Waals surface area contributed by atoms with Crippen LogP contribution in [0.15, 0.2) is 6.07 Å². The normalized spacial score (nSPS) is 18.4. The van der Waals surface area contributed by atoms with Crippen LogP contribution in [-0.2, 0) is 21.5 Å². The summed E-state index contributed by atoms with van der Waals surface area (Å²) in [6.07, 6.45) is 3.53. The van der Waals surface area contributed by atoms with Crippen LogP contribution in [0.4, 0.5) is 5.82 Å². The van der Waals surface area contributed by atoms with Crippen molar-refractivity contribution in [3.63, 3.8) is 0 Å². The predicted octanol–water partition coefficient (Wildman–Crippen LogP) is 2.05. The van der Waals surface area contributed by atoms with Crippen molar-refractivity contribution in [2.45, 2.75) is 45.1 Å². The number of rotatable bonds is 5. The van der Waals surface area contributed by atoms with Gasteiger partial charge in [0, 0.05) is 44.4 Å². The van der Waals surface area contributed by atoms with Crippen molar-refractivity contribution in [2.24, 2.45) is 0 Å². The van der Waals surface area contributed by atoms with Gasteiger partial charge in [-0.2, -0.15) is 0 Å². The van der Waals surface area contributed by atoms with Crippen LogP contribution >= 0.6 is 0 Å². The Morgan fingerprint density at radius 1 is 1.32 bits per heavy atom. The van der Waals surface area contributed by atoms with Crippen LogP contribution in [0.3, 0.4) is 0 Å². The van der Waals surface area contributed by atoms with Gasteiger partial charge < -0.3 is 15.2 Å². The van der Waals surface area contributed by atoms with E-state index in [0.29, 0.717) is 25.6 Å². The van der Waals surface area contributed by atoms with E-state index < -0.39 is 5.60 Å². The number of aromatic nitrogens is 2. The third-order valence-electron chi connectivity index (χ3n) is 3.43. The van der Waals surface area contributed by atoms with Crippen molar-refractivity contribution < 1.29 is 9.47 Å². The van der Waals surface area contributed by atoms with Crippen molar-refractivity contribution in [3.8, 4) is 0 Å². The monoisotopic (exact) mass is 265 g/mol. The number of nitrogen functional groups attached to an aromatic ring is 1. The first kappa shape index (κ1) is 14.2. The summed E-state index contributed by atoms with van der Waals surface area (Å²) in [7, 11) is 0. The molecule has 19 heavy (non-hydrogen) atoms. The number of nitrogens with zero attached hydrogens (tertiary/aromatic N) is 2. The van der Waals surface area contributed by atoms with Gasteiger partial charge in [-0.1, -0.05) is 13.3 Å². The minimum absolute atomic E-state index is 0.426. The van der Waals surface area contributed by atoms with Gasteiger partial charge in [-0.15, -0.1) is 0 Å². The Kier molecular flexibility index (Phi) is 4.71. The van der Waals surface area contributed by atoms with Crippen LogP contribution in [0.2, 0.25) is 0 Å². The number of aryl methyl sites for hydroxylation is 1. The largest absolute Gasteiger partial charge is 0.384 e. The van der Waals surface area contributed by atoms with Crippen LogP contribution in [-0.4, -0.2) is 29.8 Å². The fourth-order valence-corrected chi connectivity index (χ4v) is 2.52. The molecule has 1 aliphatic heterocycles. The molecule has 2 rings (SSSR count). The van der Waals surface area contributed by atoms with E-state index in [-0.39, 0.29) is 0 Å². The van der Waals surface area contributed by atoms with E-state index in [2.05, 4.69) is 16.9 Å². The standard InChI is InChI=1S/C14H23N3O2/c1-3-5-11-10-12(15)17-13(16-11)14(19-4-2)6-8-18-9-7-14/h10H,3-9H2,1-2H3,(H2,15,16,17). The number of ether oxygens (including phenoxy) is 2. The molecule has 0 saturated carbocycles. The second-order valence-corrected chi connectivity index (χ2v) is 4.90. The average Bonchev–Trinajstić information content (AvgIpc) is 2.40. The molecule has 2 heterocycles. The summed E-state index contributed by atoms with van der Waals surface area (Å²) in [4.78, 5) is 9.08. The Labute approximate surface area is 114 Å². The van der Waals surface area contributed by atoms with Gasteiger partial charge in [0.05, 0.1) is 0 Å². The molecule has 0 bridgehead atoms. The highest BCUT2D eigenvalue weighted by molar-refractivity contribution is 5.31. The summed E-state index contributed by atoms with van der Waals surface area (Å²) in [5, 5.41) is 0. The molecule has 0 amide bonds. The lowest BCUT2D eigenvalue weighted by Crippen LogP contribution is -2.38. The second-order valence-electron chi connectivity index (χ2n) is 4.90. The number of hydrogen-bond acceptors (Lipinski definition) is 5. The maximum atomic E-state index is 5.98. The molecule has 1 saturated heterocycles. The van der Waals surface area contributed by atoms with Crippen LogP contribution in [0.1, 0.15) is 44.6 Å². The SMILES string of the molecule is CCCc1cc(N)nc(C2(OCC)CCOCC2)n1. The molecule has 1 aromatic rings. The van der Waals surface area contributed by atoms with Gasteiger partial charge in [0.1, 0.15) is 11.4 Å². The van der Waals surface area contributed by atoms with Crippen molar-refractivity contribution in [1.82, 2.24) is 9.97 Å². The van der Waals surface area contributed by atoms with Gasteiger partial charge in [0.2, 0.25) is 0 Å². The zero-order valence-electron chi connectivity index (χ0n) is 11.8. The van der Waals surface area contributed by atoms with Gasteiger partial charge in [-0.05, 0) is 13.3 Å². The quantitative estimate of drug-likeness (QED) is 0.882. The zero-order valence-corrected chi connectivity index (χ0v) is 11.8. The molecule has 2 N–H and O–H groups in total. The molecule has 0 atom stereocenters. The lowest BCUT2D eigenvalue weighted by molar-refractivity contribution is -0.117. The number of anilines is 1. The molecule has 106 valence electrons. The van der Waals surface area contributed by atoms with Gasteiger partial charge in [0.25, 0.3) is 0 Å². The Morgan fingerprint density at radius 2 is 2.05 bits per heavy atom. The summed E-state index contributed by atoms with van der Waals surface area (Å²) in [6, 6.07) is 1.85. The van der Waals surface area contributed by atoms with Crippen molar-refractivity contribution in [1.29, 1.82) is 0 Å². The predicted molar refractivity (Wildman–Crippen MR) is 73.8 cm³/mol. The van der Waals surface area contributed by atoms with Crippen molar-refractivity contribution in [3.05, 3.63) is 17.6 Å². The summed E-state index contributed by atoms with van der Waals surface area (Å²) < 4.78 is 11.4. The Morgan fingerprint density at radius 3 is 2.68 bits per heavy atom. The maximum absolute atomic E-state index is 5.98. The first-order valence-electron chi connectivity index (χ1n) is 7.06. The third kappa shape index (κ3) is 3.22. The molecule has 1 aromatic heterocycles. The first-order valence-corrected chi connectivity index (χ1v) is 7.06. The van der Waals surface area contributed by atoms with Gasteiger partial charge in [-0.25, -0.2) is 9.97 Å². The molecule has 1 aliphatic rings. The van der Waals surface area contributed by atoms with Crippen molar-refractivity contribution >= 4 is 5.82 Å². The fourth-order valence-electron chi connectivity index (χ4n) is 2.52. The molecule has 0 unspecified atom stereocenters. The third-order valence-corrected chi connectivity index (χ3v) is 3.43. The van der Waals surface area contributed by atoms with E-state index >= 15 is 0 Å².